The number of fused-ring (bicyclic) bond motifs is 9. The van der Waals surface area contributed by atoms with Crippen molar-refractivity contribution in [2.45, 2.75) is 0 Å². The Kier molecular flexibility index (Phi) is 8.11. The molecule has 0 amide bonds. The van der Waals surface area contributed by atoms with Crippen LogP contribution in [0, 0.1) is 0 Å². The van der Waals surface area contributed by atoms with Gasteiger partial charge in [-0.1, -0.05) is 188 Å². The number of rotatable bonds is 6. The Bertz CT molecular complexity index is 3600. The van der Waals surface area contributed by atoms with E-state index in [2.05, 4.69) is 229 Å². The minimum Gasteiger partial charge on any atom is -0.309 e. The van der Waals surface area contributed by atoms with Crippen molar-refractivity contribution >= 4 is 91.7 Å². The van der Waals surface area contributed by atoms with Crippen LogP contribution >= 0.6 is 11.3 Å². The second-order valence-corrected chi connectivity index (χ2v) is 16.6. The van der Waals surface area contributed by atoms with Crippen LogP contribution in [0.2, 0.25) is 0 Å². The molecule has 12 rings (SSSR count). The maximum atomic E-state index is 2.52. The first-order chi connectivity index (χ1) is 29.8. The summed E-state index contributed by atoms with van der Waals surface area (Å²) in [7, 11) is 0. The van der Waals surface area contributed by atoms with Crippen molar-refractivity contribution in [3.8, 4) is 33.4 Å². The van der Waals surface area contributed by atoms with Gasteiger partial charge in [-0.25, -0.2) is 0 Å². The van der Waals surface area contributed by atoms with E-state index >= 15 is 0 Å². The summed E-state index contributed by atoms with van der Waals surface area (Å²) in [6, 6.07) is 82.6. The highest BCUT2D eigenvalue weighted by Gasteiger charge is 2.23. The molecule has 0 aliphatic rings. The van der Waals surface area contributed by atoms with E-state index in [1.807, 2.05) is 11.3 Å². The zero-order valence-corrected chi connectivity index (χ0v) is 33.5. The first-order valence-electron chi connectivity index (χ1n) is 20.6. The Morgan fingerprint density at radius 1 is 0.300 bits per heavy atom. The van der Waals surface area contributed by atoms with Gasteiger partial charge < -0.3 is 4.90 Å². The van der Waals surface area contributed by atoms with Crippen LogP contribution in [0.4, 0.5) is 17.1 Å². The van der Waals surface area contributed by atoms with E-state index in [1.165, 1.54) is 96.6 Å². The molecule has 0 aliphatic carbocycles. The number of nitrogens with zero attached hydrogens (tertiary/aromatic N) is 1. The van der Waals surface area contributed by atoms with Gasteiger partial charge >= 0.3 is 0 Å². The van der Waals surface area contributed by atoms with Crippen LogP contribution < -0.4 is 4.90 Å². The lowest BCUT2D eigenvalue weighted by Gasteiger charge is -2.29. The van der Waals surface area contributed by atoms with Crippen molar-refractivity contribution in [2.24, 2.45) is 0 Å². The second kappa shape index (κ2) is 14.1. The van der Waals surface area contributed by atoms with Crippen molar-refractivity contribution in [2.75, 3.05) is 4.90 Å². The highest BCUT2D eigenvalue weighted by Crippen LogP contribution is 2.50. The van der Waals surface area contributed by atoms with Crippen LogP contribution in [0.15, 0.2) is 224 Å². The summed E-state index contributed by atoms with van der Waals surface area (Å²) >= 11 is 1.89. The summed E-state index contributed by atoms with van der Waals surface area (Å²) in [5.41, 5.74) is 10.7. The summed E-state index contributed by atoms with van der Waals surface area (Å²) < 4.78 is 2.60. The largest absolute Gasteiger partial charge is 0.309 e. The molecule has 280 valence electrons. The Balaban J connectivity index is 1.16. The van der Waals surface area contributed by atoms with Gasteiger partial charge in [-0.3, -0.25) is 0 Å². The van der Waals surface area contributed by atoms with Gasteiger partial charge in [-0.2, -0.15) is 0 Å². The van der Waals surface area contributed by atoms with Gasteiger partial charge in [0, 0.05) is 31.2 Å². The standard InChI is InChI=1S/C58H37NS/c1-3-16-38(17-4-1)44-33-31-42(37-52(44)39-18-5-2-6-19-39)59(55-28-15-29-56-57(55)51-32-30-40-20-7-10-23-45(40)58(51)60-56)54-35-34-49(47-25-13-14-27-50(47)54)53-36-41-21-8-9-22-43(41)46-24-11-12-26-48(46)53/h1-37H. The van der Waals surface area contributed by atoms with E-state index in [0.29, 0.717) is 0 Å². The molecule has 0 N–H and O–H groups in total. The highest BCUT2D eigenvalue weighted by atomic mass is 32.1. The van der Waals surface area contributed by atoms with Crippen LogP contribution in [-0.2, 0) is 0 Å². The van der Waals surface area contributed by atoms with Gasteiger partial charge in [-0.05, 0) is 107 Å². The summed E-state index contributed by atoms with van der Waals surface area (Å²) in [5.74, 6) is 0. The van der Waals surface area contributed by atoms with Crippen LogP contribution in [0.25, 0.3) is 96.6 Å². The molecule has 0 aliphatic heterocycles. The van der Waals surface area contributed by atoms with Gasteiger partial charge in [0.05, 0.1) is 11.4 Å². The van der Waals surface area contributed by atoms with Crippen LogP contribution in [0.3, 0.4) is 0 Å². The molecule has 12 aromatic rings. The average molecular weight is 780 g/mol. The SMILES string of the molecule is c1ccc(-c2ccc(N(c3ccc(-c4cc5ccccc5c5ccccc45)c4ccccc34)c3cccc4sc5c6ccccc6ccc5c34)cc2-c2ccccc2)cc1. The molecule has 0 fully saturated rings. The van der Waals surface area contributed by atoms with E-state index in [-0.39, 0.29) is 0 Å². The summed E-state index contributed by atoms with van der Waals surface area (Å²) in [4.78, 5) is 2.52. The molecule has 0 unspecified atom stereocenters. The molecule has 1 aromatic heterocycles. The zero-order chi connectivity index (χ0) is 39.6. The average Bonchev–Trinajstić information content (AvgIpc) is 3.72. The smallest absolute Gasteiger partial charge is 0.0555 e. The summed E-state index contributed by atoms with van der Waals surface area (Å²) in [5, 5.41) is 12.6. The van der Waals surface area contributed by atoms with E-state index in [4.69, 9.17) is 0 Å². The topological polar surface area (TPSA) is 3.24 Å². The number of thiophene rings is 1. The predicted molar refractivity (Wildman–Crippen MR) is 260 cm³/mol. The Morgan fingerprint density at radius 2 is 0.900 bits per heavy atom. The minimum atomic E-state index is 1.11. The van der Waals surface area contributed by atoms with E-state index in [9.17, 15) is 0 Å². The quantitative estimate of drug-likeness (QED) is 0.152. The Labute approximate surface area is 352 Å². The number of benzene rings is 11. The van der Waals surface area contributed by atoms with Crippen molar-refractivity contribution in [3.63, 3.8) is 0 Å². The highest BCUT2D eigenvalue weighted by molar-refractivity contribution is 7.26. The summed E-state index contributed by atoms with van der Waals surface area (Å²) in [6.45, 7) is 0. The Hall–Kier alpha value is -7.52. The lowest BCUT2D eigenvalue weighted by Crippen LogP contribution is -2.11. The molecule has 0 spiro atoms. The molecule has 0 bridgehead atoms. The molecule has 1 heterocycles. The van der Waals surface area contributed by atoms with E-state index in [0.717, 1.165) is 17.1 Å². The molecule has 11 aromatic carbocycles. The first-order valence-corrected chi connectivity index (χ1v) is 21.4. The molecule has 0 atom stereocenters. The third kappa shape index (κ3) is 5.53. The van der Waals surface area contributed by atoms with E-state index < -0.39 is 0 Å². The fourth-order valence-electron chi connectivity index (χ4n) is 9.52. The van der Waals surface area contributed by atoms with Gasteiger partial charge in [0.25, 0.3) is 0 Å². The molecule has 0 saturated heterocycles. The van der Waals surface area contributed by atoms with Crippen LogP contribution in [0.5, 0.6) is 0 Å². The van der Waals surface area contributed by atoms with Gasteiger partial charge in [0.2, 0.25) is 0 Å². The van der Waals surface area contributed by atoms with Gasteiger partial charge in [-0.15, -0.1) is 11.3 Å². The van der Waals surface area contributed by atoms with Crippen molar-refractivity contribution in [1.29, 1.82) is 0 Å². The minimum absolute atomic E-state index is 1.11. The second-order valence-electron chi connectivity index (χ2n) is 15.6. The monoisotopic (exact) mass is 779 g/mol. The molecular formula is C58H37NS. The van der Waals surface area contributed by atoms with E-state index in [1.54, 1.807) is 0 Å². The van der Waals surface area contributed by atoms with Crippen molar-refractivity contribution in [3.05, 3.63) is 224 Å². The number of hydrogen-bond acceptors (Lipinski definition) is 2. The van der Waals surface area contributed by atoms with Crippen LogP contribution in [0.1, 0.15) is 0 Å². The van der Waals surface area contributed by atoms with Crippen LogP contribution in [-0.4, -0.2) is 0 Å². The molecule has 60 heavy (non-hydrogen) atoms. The maximum absolute atomic E-state index is 2.52. The van der Waals surface area contributed by atoms with Gasteiger partial charge in [0.15, 0.2) is 0 Å². The molecule has 1 nitrogen and oxygen atoms in total. The number of anilines is 3. The van der Waals surface area contributed by atoms with Gasteiger partial charge in [0.1, 0.15) is 0 Å². The maximum Gasteiger partial charge on any atom is 0.0555 e. The third-order valence-electron chi connectivity index (χ3n) is 12.2. The molecular weight excluding hydrogens is 743 g/mol. The number of hydrogen-bond donors (Lipinski definition) is 0. The summed E-state index contributed by atoms with van der Waals surface area (Å²) in [6.07, 6.45) is 0. The normalized spacial score (nSPS) is 11.7. The fourth-order valence-corrected chi connectivity index (χ4v) is 10.8. The first kappa shape index (κ1) is 34.5. The van der Waals surface area contributed by atoms with Crippen molar-refractivity contribution < 1.29 is 0 Å². The fraction of sp³-hybridized carbons (Fsp3) is 0. The Morgan fingerprint density at radius 3 is 1.67 bits per heavy atom. The lowest BCUT2D eigenvalue weighted by atomic mass is 9.90. The lowest BCUT2D eigenvalue weighted by molar-refractivity contribution is 1.32. The molecule has 0 saturated carbocycles. The third-order valence-corrected chi connectivity index (χ3v) is 13.4. The zero-order valence-electron chi connectivity index (χ0n) is 32.7. The molecule has 0 radical (unpaired) electrons. The molecule has 2 heteroatoms. The predicted octanol–water partition coefficient (Wildman–Crippen LogP) is 17.1. The van der Waals surface area contributed by atoms with Crippen molar-refractivity contribution in [1.82, 2.24) is 0 Å².